The Morgan fingerprint density at radius 2 is 1.75 bits per heavy atom. The number of aliphatic hydroxyl groups is 1. The van der Waals surface area contributed by atoms with Gasteiger partial charge in [0.05, 0.1) is 0 Å². The van der Waals surface area contributed by atoms with E-state index >= 15 is 0 Å². The van der Waals surface area contributed by atoms with E-state index in [-0.39, 0.29) is 5.82 Å². The molecule has 1 unspecified atom stereocenters. The number of benzene rings is 1. The van der Waals surface area contributed by atoms with Crippen molar-refractivity contribution in [3.63, 3.8) is 0 Å². The van der Waals surface area contributed by atoms with Crippen LogP contribution >= 0.6 is 0 Å². The number of hydrogen-bond donors (Lipinski definition) is 1. The lowest BCUT2D eigenvalue weighted by Gasteiger charge is -2.08. The zero-order chi connectivity index (χ0) is 11.4. The van der Waals surface area contributed by atoms with Crippen LogP contribution < -0.4 is 0 Å². The van der Waals surface area contributed by atoms with Gasteiger partial charge in [-0.2, -0.15) is 0 Å². The Morgan fingerprint density at radius 3 is 2.38 bits per heavy atom. The van der Waals surface area contributed by atoms with Gasteiger partial charge in [-0.15, -0.1) is 0 Å². The van der Waals surface area contributed by atoms with Crippen molar-refractivity contribution in [1.82, 2.24) is 9.97 Å². The molecule has 0 saturated heterocycles. The fraction of sp³-hybridized carbons (Fsp3) is 0.167. The lowest BCUT2D eigenvalue weighted by atomic mass is 10.1. The van der Waals surface area contributed by atoms with E-state index in [0.29, 0.717) is 12.2 Å². The van der Waals surface area contributed by atoms with Crippen LogP contribution in [0.25, 0.3) is 0 Å². The number of hydrogen-bond acceptors (Lipinski definition) is 3. The van der Waals surface area contributed by atoms with Gasteiger partial charge in [-0.05, 0) is 23.8 Å². The molecule has 82 valence electrons. The highest BCUT2D eigenvalue weighted by Gasteiger charge is 2.10. The van der Waals surface area contributed by atoms with Gasteiger partial charge in [0.15, 0.2) is 5.82 Å². The maximum atomic E-state index is 12.7. The van der Waals surface area contributed by atoms with Gasteiger partial charge in [0.1, 0.15) is 11.9 Å². The summed E-state index contributed by atoms with van der Waals surface area (Å²) in [7, 11) is 0. The highest BCUT2D eigenvalue weighted by atomic mass is 19.1. The summed E-state index contributed by atoms with van der Waals surface area (Å²) < 4.78 is 12.7. The van der Waals surface area contributed by atoms with E-state index in [4.69, 9.17) is 0 Å². The van der Waals surface area contributed by atoms with Crippen molar-refractivity contribution >= 4 is 0 Å². The average Bonchev–Trinajstić information content (AvgIpc) is 2.33. The molecule has 0 spiro atoms. The Morgan fingerprint density at radius 1 is 1.12 bits per heavy atom. The highest BCUT2D eigenvalue weighted by Crippen LogP contribution is 2.14. The maximum Gasteiger partial charge on any atom is 0.157 e. The summed E-state index contributed by atoms with van der Waals surface area (Å²) in [5.74, 6) is 0.0982. The maximum absolute atomic E-state index is 12.7. The fourth-order valence-electron chi connectivity index (χ4n) is 1.42. The molecule has 16 heavy (non-hydrogen) atoms. The van der Waals surface area contributed by atoms with Crippen molar-refractivity contribution in [2.75, 3.05) is 0 Å². The molecular formula is C12H11FN2O. The molecule has 0 fully saturated rings. The first-order valence-electron chi connectivity index (χ1n) is 4.95. The van der Waals surface area contributed by atoms with E-state index in [1.54, 1.807) is 30.6 Å². The smallest absolute Gasteiger partial charge is 0.157 e. The number of rotatable bonds is 3. The second-order valence-electron chi connectivity index (χ2n) is 3.45. The SMILES string of the molecule is OC(Cc1ccc(F)cc1)c1ncccn1. The summed E-state index contributed by atoms with van der Waals surface area (Å²) in [6.07, 6.45) is 2.78. The van der Waals surface area contributed by atoms with Gasteiger partial charge in [-0.1, -0.05) is 12.1 Å². The van der Waals surface area contributed by atoms with E-state index < -0.39 is 6.10 Å². The minimum absolute atomic E-state index is 0.283. The third-order valence-electron chi connectivity index (χ3n) is 2.23. The van der Waals surface area contributed by atoms with Crippen LogP contribution in [0.15, 0.2) is 42.7 Å². The van der Waals surface area contributed by atoms with Crippen LogP contribution in [0.2, 0.25) is 0 Å². The van der Waals surface area contributed by atoms with Crippen molar-refractivity contribution in [3.05, 3.63) is 59.9 Å². The normalized spacial score (nSPS) is 12.4. The van der Waals surface area contributed by atoms with Gasteiger partial charge in [-0.25, -0.2) is 14.4 Å². The zero-order valence-corrected chi connectivity index (χ0v) is 8.55. The molecular weight excluding hydrogens is 207 g/mol. The van der Waals surface area contributed by atoms with Gasteiger partial charge in [0, 0.05) is 18.8 Å². The van der Waals surface area contributed by atoms with Crippen LogP contribution in [0.4, 0.5) is 4.39 Å². The predicted octanol–water partition coefficient (Wildman–Crippen LogP) is 1.89. The summed E-state index contributed by atoms with van der Waals surface area (Å²) in [5, 5.41) is 9.82. The van der Waals surface area contributed by atoms with Crippen molar-refractivity contribution in [1.29, 1.82) is 0 Å². The molecule has 3 nitrogen and oxygen atoms in total. The number of aromatic nitrogens is 2. The van der Waals surface area contributed by atoms with Gasteiger partial charge in [-0.3, -0.25) is 0 Å². The standard InChI is InChI=1S/C12H11FN2O/c13-10-4-2-9(3-5-10)8-11(16)12-14-6-1-7-15-12/h1-7,11,16H,8H2. The minimum Gasteiger partial charge on any atom is -0.385 e. The van der Waals surface area contributed by atoms with Crippen LogP contribution in [-0.2, 0) is 6.42 Å². The minimum atomic E-state index is -0.758. The molecule has 1 aromatic carbocycles. The van der Waals surface area contributed by atoms with Crippen molar-refractivity contribution < 1.29 is 9.50 Å². The summed E-state index contributed by atoms with van der Waals surface area (Å²) in [5.41, 5.74) is 0.848. The zero-order valence-electron chi connectivity index (χ0n) is 8.55. The molecule has 1 atom stereocenters. The van der Waals surface area contributed by atoms with Crippen LogP contribution in [0.3, 0.4) is 0 Å². The molecule has 0 aliphatic heterocycles. The molecule has 2 rings (SSSR count). The Bertz CT molecular complexity index is 444. The van der Waals surface area contributed by atoms with Crippen LogP contribution in [0.5, 0.6) is 0 Å². The Balaban J connectivity index is 2.08. The summed E-state index contributed by atoms with van der Waals surface area (Å²) in [6, 6.07) is 7.71. The van der Waals surface area contributed by atoms with Crippen LogP contribution in [0.1, 0.15) is 17.5 Å². The molecule has 4 heteroatoms. The molecule has 2 aromatic rings. The quantitative estimate of drug-likeness (QED) is 0.855. The summed E-state index contributed by atoms with van der Waals surface area (Å²) >= 11 is 0. The van der Waals surface area contributed by atoms with Crippen molar-refractivity contribution in [2.24, 2.45) is 0 Å². The van der Waals surface area contributed by atoms with Gasteiger partial charge in [0.2, 0.25) is 0 Å². The second-order valence-corrected chi connectivity index (χ2v) is 3.45. The first-order valence-corrected chi connectivity index (χ1v) is 4.95. The average molecular weight is 218 g/mol. The second kappa shape index (κ2) is 4.81. The lowest BCUT2D eigenvalue weighted by Crippen LogP contribution is -2.06. The van der Waals surface area contributed by atoms with Crippen LogP contribution in [0, 0.1) is 5.82 Å². The number of halogens is 1. The largest absolute Gasteiger partial charge is 0.385 e. The fourth-order valence-corrected chi connectivity index (χ4v) is 1.42. The number of nitrogens with zero attached hydrogens (tertiary/aromatic N) is 2. The van der Waals surface area contributed by atoms with Gasteiger partial charge < -0.3 is 5.11 Å². The van der Waals surface area contributed by atoms with Gasteiger partial charge >= 0.3 is 0 Å². The van der Waals surface area contributed by atoms with E-state index in [1.807, 2.05) is 0 Å². The third-order valence-corrected chi connectivity index (χ3v) is 2.23. The molecule has 0 radical (unpaired) electrons. The van der Waals surface area contributed by atoms with E-state index in [1.165, 1.54) is 12.1 Å². The first kappa shape index (κ1) is 10.7. The first-order chi connectivity index (χ1) is 7.75. The van der Waals surface area contributed by atoms with Crippen LogP contribution in [-0.4, -0.2) is 15.1 Å². The topological polar surface area (TPSA) is 46.0 Å². The Labute approximate surface area is 92.6 Å². The Hall–Kier alpha value is -1.81. The summed E-state index contributed by atoms with van der Waals surface area (Å²) in [6.45, 7) is 0. The highest BCUT2D eigenvalue weighted by molar-refractivity contribution is 5.17. The Kier molecular flexibility index (Phi) is 3.22. The molecule has 1 N–H and O–H groups in total. The van der Waals surface area contributed by atoms with Crippen molar-refractivity contribution in [3.8, 4) is 0 Å². The van der Waals surface area contributed by atoms with E-state index in [2.05, 4.69) is 9.97 Å². The predicted molar refractivity (Wildman–Crippen MR) is 57.1 cm³/mol. The number of aliphatic hydroxyl groups excluding tert-OH is 1. The molecule has 0 amide bonds. The molecule has 0 saturated carbocycles. The lowest BCUT2D eigenvalue weighted by molar-refractivity contribution is 0.168. The molecule has 0 bridgehead atoms. The molecule has 1 aromatic heterocycles. The van der Waals surface area contributed by atoms with Gasteiger partial charge in [0.25, 0.3) is 0 Å². The summed E-state index contributed by atoms with van der Waals surface area (Å²) in [4.78, 5) is 7.91. The van der Waals surface area contributed by atoms with Crippen molar-refractivity contribution in [2.45, 2.75) is 12.5 Å². The monoisotopic (exact) mass is 218 g/mol. The molecule has 0 aliphatic carbocycles. The molecule has 1 heterocycles. The third kappa shape index (κ3) is 2.61. The van der Waals surface area contributed by atoms with E-state index in [0.717, 1.165) is 5.56 Å². The molecule has 0 aliphatic rings. The van der Waals surface area contributed by atoms with E-state index in [9.17, 15) is 9.50 Å².